The highest BCUT2D eigenvalue weighted by atomic mass is 19.4. The molecule has 0 radical (unpaired) electrons. The van der Waals surface area contributed by atoms with Gasteiger partial charge in [0.2, 0.25) is 11.8 Å². The first-order chi connectivity index (χ1) is 13.3. The van der Waals surface area contributed by atoms with Crippen LogP contribution in [0.1, 0.15) is 41.0 Å². The standard InChI is InChI=1S/C21H34F3N3O2/c1-8-9-16(21(22,23)24)18(25-6)29-13-20(4,5)19(28)26-17-10-11-27(7)12-15(17)14(2)3/h8-9,14-15,17H,6,10-13H2,1-5,7H3,(H,26,28)/b9-8-,18-16-/t15-,17+/m0/s1. The van der Waals surface area contributed by atoms with E-state index in [-0.39, 0.29) is 18.6 Å². The highest BCUT2D eigenvalue weighted by Gasteiger charge is 2.38. The maximum absolute atomic E-state index is 13.2. The predicted octanol–water partition coefficient (Wildman–Crippen LogP) is 4.17. The molecule has 1 aliphatic rings. The Bertz CT molecular complexity index is 640. The average Bonchev–Trinajstić information content (AvgIpc) is 2.61. The van der Waals surface area contributed by atoms with E-state index in [1.807, 2.05) is 0 Å². The zero-order chi connectivity index (χ0) is 22.4. The third kappa shape index (κ3) is 7.17. The fraction of sp³-hybridized carbons (Fsp3) is 0.714. The van der Waals surface area contributed by atoms with Gasteiger partial charge in [-0.25, -0.2) is 4.99 Å². The van der Waals surface area contributed by atoms with E-state index in [1.54, 1.807) is 13.8 Å². The van der Waals surface area contributed by atoms with Gasteiger partial charge in [0.15, 0.2) is 0 Å². The molecular weight excluding hydrogens is 383 g/mol. The van der Waals surface area contributed by atoms with Gasteiger partial charge in [-0.05, 0) is 65.4 Å². The van der Waals surface area contributed by atoms with Crippen molar-refractivity contribution in [2.24, 2.45) is 22.2 Å². The minimum Gasteiger partial charge on any atom is -0.476 e. The number of halogens is 3. The fourth-order valence-electron chi connectivity index (χ4n) is 3.35. The van der Waals surface area contributed by atoms with Crippen molar-refractivity contribution in [2.75, 3.05) is 26.7 Å². The highest BCUT2D eigenvalue weighted by Crippen LogP contribution is 2.31. The van der Waals surface area contributed by atoms with E-state index >= 15 is 0 Å². The number of hydrogen-bond donors (Lipinski definition) is 1. The van der Waals surface area contributed by atoms with Crippen LogP contribution in [0.5, 0.6) is 0 Å². The van der Waals surface area contributed by atoms with Crippen LogP contribution in [-0.4, -0.2) is 56.5 Å². The van der Waals surface area contributed by atoms with E-state index < -0.39 is 23.0 Å². The zero-order valence-electron chi connectivity index (χ0n) is 18.3. The molecule has 1 rings (SSSR count). The number of rotatable bonds is 8. The third-order valence-electron chi connectivity index (χ3n) is 5.23. The zero-order valence-corrected chi connectivity index (χ0v) is 18.3. The highest BCUT2D eigenvalue weighted by molar-refractivity contribution is 5.82. The van der Waals surface area contributed by atoms with Crippen LogP contribution in [0, 0.1) is 17.3 Å². The number of carbonyl (C=O) groups excluding carboxylic acids is 1. The Kier molecular flexibility index (Phi) is 8.93. The van der Waals surface area contributed by atoms with E-state index in [9.17, 15) is 18.0 Å². The topological polar surface area (TPSA) is 53.9 Å². The Labute approximate surface area is 172 Å². The van der Waals surface area contributed by atoms with Gasteiger partial charge in [-0.2, -0.15) is 13.2 Å². The molecule has 0 aromatic heterocycles. The summed E-state index contributed by atoms with van der Waals surface area (Å²) in [6, 6.07) is 0.0271. The van der Waals surface area contributed by atoms with Gasteiger partial charge in [-0.15, -0.1) is 0 Å². The van der Waals surface area contributed by atoms with Gasteiger partial charge in [-0.1, -0.05) is 19.9 Å². The summed E-state index contributed by atoms with van der Waals surface area (Å²) in [6.45, 7) is 13.7. The van der Waals surface area contributed by atoms with Crippen molar-refractivity contribution in [1.29, 1.82) is 0 Å². The SMILES string of the molecule is C=N/C(OCC(C)(C)C(=O)N[C@@H]1CCN(C)C[C@H]1C(C)C)=C(\C=C/C)C(F)(F)F. The van der Waals surface area contributed by atoms with Gasteiger partial charge in [0.05, 0.1) is 5.41 Å². The molecule has 0 aromatic rings. The second-order valence-electron chi connectivity index (χ2n) is 8.59. The summed E-state index contributed by atoms with van der Waals surface area (Å²) in [6.07, 6.45) is -1.67. The first kappa shape index (κ1) is 25.2. The molecule has 8 heteroatoms. The molecule has 0 saturated carbocycles. The number of likely N-dealkylation sites (tertiary alicyclic amines) is 1. The van der Waals surface area contributed by atoms with Crippen LogP contribution >= 0.6 is 0 Å². The lowest BCUT2D eigenvalue weighted by molar-refractivity contribution is -0.133. The van der Waals surface area contributed by atoms with Crippen molar-refractivity contribution in [3.8, 4) is 0 Å². The normalized spacial score (nSPS) is 22.6. The number of ether oxygens (including phenoxy) is 1. The lowest BCUT2D eigenvalue weighted by Gasteiger charge is -2.40. The number of amides is 1. The molecule has 0 spiro atoms. The maximum Gasteiger partial charge on any atom is 0.421 e. The molecule has 0 unspecified atom stereocenters. The van der Waals surface area contributed by atoms with Crippen LogP contribution in [0.4, 0.5) is 13.2 Å². The van der Waals surface area contributed by atoms with E-state index in [0.29, 0.717) is 11.8 Å². The average molecular weight is 418 g/mol. The van der Waals surface area contributed by atoms with Crippen LogP contribution in [0.2, 0.25) is 0 Å². The van der Waals surface area contributed by atoms with Crippen molar-refractivity contribution in [3.05, 3.63) is 23.6 Å². The summed E-state index contributed by atoms with van der Waals surface area (Å²) < 4.78 is 45.0. The van der Waals surface area contributed by atoms with Gasteiger partial charge in [0, 0.05) is 12.6 Å². The summed E-state index contributed by atoms with van der Waals surface area (Å²) in [4.78, 5) is 18.5. The molecular formula is C21H34F3N3O2. The number of nitrogens with zero attached hydrogens (tertiary/aromatic N) is 2. The first-order valence-electron chi connectivity index (χ1n) is 9.86. The van der Waals surface area contributed by atoms with Gasteiger partial charge in [0.25, 0.3) is 0 Å². The monoisotopic (exact) mass is 417 g/mol. The maximum atomic E-state index is 13.2. The quantitative estimate of drug-likeness (QED) is 0.366. The van der Waals surface area contributed by atoms with E-state index in [4.69, 9.17) is 4.74 Å². The number of carbonyl (C=O) groups is 1. The summed E-state index contributed by atoms with van der Waals surface area (Å²) in [5, 5.41) is 3.09. The molecule has 1 N–H and O–H groups in total. The molecule has 29 heavy (non-hydrogen) atoms. The van der Waals surface area contributed by atoms with Gasteiger partial charge < -0.3 is 15.0 Å². The summed E-state index contributed by atoms with van der Waals surface area (Å²) >= 11 is 0. The van der Waals surface area contributed by atoms with Gasteiger partial charge >= 0.3 is 6.18 Å². The molecule has 1 aliphatic heterocycles. The number of nitrogens with one attached hydrogen (secondary N) is 1. The number of piperidine rings is 1. The lowest BCUT2D eigenvalue weighted by atomic mass is 9.82. The largest absolute Gasteiger partial charge is 0.476 e. The van der Waals surface area contributed by atoms with Crippen molar-refractivity contribution in [2.45, 2.75) is 53.3 Å². The van der Waals surface area contributed by atoms with Crippen LogP contribution < -0.4 is 5.32 Å². The minimum absolute atomic E-state index is 0.0271. The molecule has 1 amide bonds. The number of hydrogen-bond acceptors (Lipinski definition) is 4. The van der Waals surface area contributed by atoms with Crippen molar-refractivity contribution in [1.82, 2.24) is 10.2 Å². The van der Waals surface area contributed by atoms with E-state index in [2.05, 4.69) is 42.8 Å². The minimum atomic E-state index is -4.63. The predicted molar refractivity (Wildman–Crippen MR) is 110 cm³/mol. The Morgan fingerprint density at radius 3 is 2.48 bits per heavy atom. The molecule has 1 heterocycles. The first-order valence-corrected chi connectivity index (χ1v) is 9.86. The molecule has 0 aromatic carbocycles. The van der Waals surface area contributed by atoms with Crippen molar-refractivity contribution >= 4 is 12.6 Å². The Hall–Kier alpha value is -1.83. The molecule has 1 saturated heterocycles. The van der Waals surface area contributed by atoms with Crippen LogP contribution in [0.3, 0.4) is 0 Å². The number of allylic oxidation sites excluding steroid dienone is 3. The molecule has 0 aliphatic carbocycles. The number of alkyl halides is 3. The van der Waals surface area contributed by atoms with Gasteiger partial charge in [0.1, 0.15) is 12.2 Å². The fourth-order valence-corrected chi connectivity index (χ4v) is 3.35. The molecule has 166 valence electrons. The third-order valence-corrected chi connectivity index (χ3v) is 5.23. The second-order valence-corrected chi connectivity index (χ2v) is 8.59. The van der Waals surface area contributed by atoms with Crippen molar-refractivity contribution < 1.29 is 22.7 Å². The Morgan fingerprint density at radius 1 is 1.38 bits per heavy atom. The van der Waals surface area contributed by atoms with Crippen LogP contribution in [-0.2, 0) is 9.53 Å². The van der Waals surface area contributed by atoms with Crippen LogP contribution in [0.15, 0.2) is 28.6 Å². The van der Waals surface area contributed by atoms with E-state index in [1.165, 1.54) is 13.0 Å². The lowest BCUT2D eigenvalue weighted by Crippen LogP contribution is -2.54. The summed E-state index contributed by atoms with van der Waals surface area (Å²) in [5.74, 6) is -0.167. The molecule has 0 bridgehead atoms. The Balaban J connectivity index is 2.90. The van der Waals surface area contributed by atoms with Gasteiger partial charge in [-0.3, -0.25) is 4.79 Å². The summed E-state index contributed by atoms with van der Waals surface area (Å²) in [7, 11) is 2.06. The van der Waals surface area contributed by atoms with Crippen LogP contribution in [0.25, 0.3) is 0 Å². The van der Waals surface area contributed by atoms with Crippen molar-refractivity contribution in [3.63, 3.8) is 0 Å². The molecule has 1 fully saturated rings. The van der Waals surface area contributed by atoms with E-state index in [0.717, 1.165) is 25.6 Å². The smallest absolute Gasteiger partial charge is 0.421 e. The molecule has 2 atom stereocenters. The summed E-state index contributed by atoms with van der Waals surface area (Å²) in [5.41, 5.74) is -2.06. The molecule has 5 nitrogen and oxygen atoms in total. The number of aliphatic imine (C=N–C) groups is 1. The Morgan fingerprint density at radius 2 is 2.00 bits per heavy atom. The second kappa shape index (κ2) is 10.3.